The SMILES string of the molecule is Cc1ccc(Nc2nccc(-c3c(C(F)(F)F)nc4ccccn34)n2)cc1. The monoisotopic (exact) mass is 369 g/mol. The summed E-state index contributed by atoms with van der Waals surface area (Å²) in [6.45, 7) is 1.96. The molecule has 0 unspecified atom stereocenters. The van der Waals surface area contributed by atoms with E-state index in [9.17, 15) is 13.2 Å². The van der Waals surface area contributed by atoms with Crippen molar-refractivity contribution in [3.05, 3.63) is 72.2 Å². The zero-order valence-corrected chi connectivity index (χ0v) is 14.2. The highest BCUT2D eigenvalue weighted by molar-refractivity contribution is 5.66. The Morgan fingerprint density at radius 2 is 1.74 bits per heavy atom. The quantitative estimate of drug-likeness (QED) is 0.560. The highest BCUT2D eigenvalue weighted by Crippen LogP contribution is 2.36. The number of aryl methyl sites for hydroxylation is 1. The van der Waals surface area contributed by atoms with Crippen molar-refractivity contribution in [2.24, 2.45) is 0 Å². The van der Waals surface area contributed by atoms with Crippen LogP contribution in [0.25, 0.3) is 17.0 Å². The van der Waals surface area contributed by atoms with Crippen molar-refractivity contribution in [1.82, 2.24) is 19.4 Å². The molecule has 0 bridgehead atoms. The van der Waals surface area contributed by atoms with Gasteiger partial charge in [0.2, 0.25) is 5.95 Å². The molecule has 0 amide bonds. The maximum Gasteiger partial charge on any atom is 0.435 e. The van der Waals surface area contributed by atoms with Crippen molar-refractivity contribution in [3.8, 4) is 11.4 Å². The highest BCUT2D eigenvalue weighted by Gasteiger charge is 2.38. The normalized spacial score (nSPS) is 11.7. The Hall–Kier alpha value is -3.42. The fourth-order valence-electron chi connectivity index (χ4n) is 2.76. The molecular formula is C19H14F3N5. The summed E-state index contributed by atoms with van der Waals surface area (Å²) >= 11 is 0. The molecule has 1 aromatic carbocycles. The van der Waals surface area contributed by atoms with Gasteiger partial charge < -0.3 is 5.32 Å². The number of anilines is 2. The number of nitrogens with one attached hydrogen (secondary N) is 1. The van der Waals surface area contributed by atoms with Gasteiger partial charge in [-0.3, -0.25) is 4.40 Å². The molecule has 0 atom stereocenters. The van der Waals surface area contributed by atoms with Crippen LogP contribution >= 0.6 is 0 Å². The standard InChI is InChI=1S/C19H14F3N5/c1-12-5-7-13(8-6-12)24-18-23-10-9-14(25-18)16-17(19(20,21)22)26-15-4-2-3-11-27(15)16/h2-11H,1H3,(H,23,24,25). The second-order valence-electron chi connectivity index (χ2n) is 5.99. The Labute approximate surface area is 152 Å². The number of pyridine rings is 1. The summed E-state index contributed by atoms with van der Waals surface area (Å²) in [5.74, 6) is 0.204. The summed E-state index contributed by atoms with van der Waals surface area (Å²) in [5, 5.41) is 3.01. The summed E-state index contributed by atoms with van der Waals surface area (Å²) in [5.41, 5.74) is 1.07. The molecule has 0 aliphatic heterocycles. The van der Waals surface area contributed by atoms with E-state index in [0.717, 1.165) is 11.3 Å². The molecule has 0 radical (unpaired) electrons. The molecule has 0 saturated heterocycles. The van der Waals surface area contributed by atoms with E-state index in [1.807, 2.05) is 31.2 Å². The zero-order valence-electron chi connectivity index (χ0n) is 14.2. The lowest BCUT2D eigenvalue weighted by Crippen LogP contribution is -2.09. The molecule has 1 N–H and O–H groups in total. The number of hydrogen-bond donors (Lipinski definition) is 1. The van der Waals surface area contributed by atoms with E-state index in [4.69, 9.17) is 0 Å². The lowest BCUT2D eigenvalue weighted by atomic mass is 10.2. The maximum atomic E-state index is 13.5. The molecule has 3 aromatic heterocycles. The Kier molecular flexibility index (Phi) is 4.02. The first-order valence-corrected chi connectivity index (χ1v) is 8.13. The molecule has 0 fully saturated rings. The van der Waals surface area contributed by atoms with Gasteiger partial charge in [-0.25, -0.2) is 15.0 Å². The molecule has 27 heavy (non-hydrogen) atoms. The third-order valence-corrected chi connectivity index (χ3v) is 4.00. The summed E-state index contributed by atoms with van der Waals surface area (Å²) in [6, 6.07) is 13.8. The highest BCUT2D eigenvalue weighted by atomic mass is 19.4. The summed E-state index contributed by atoms with van der Waals surface area (Å²) in [4.78, 5) is 12.1. The lowest BCUT2D eigenvalue weighted by molar-refractivity contribution is -0.140. The summed E-state index contributed by atoms with van der Waals surface area (Å²) < 4.78 is 41.9. The second kappa shape index (κ2) is 6.39. The molecule has 0 saturated carbocycles. The molecule has 0 aliphatic rings. The van der Waals surface area contributed by atoms with E-state index >= 15 is 0 Å². The van der Waals surface area contributed by atoms with Gasteiger partial charge in [0.05, 0.1) is 5.69 Å². The van der Waals surface area contributed by atoms with Crippen LogP contribution < -0.4 is 5.32 Å². The van der Waals surface area contributed by atoms with Crippen LogP contribution in [0.1, 0.15) is 11.3 Å². The topological polar surface area (TPSA) is 55.1 Å². The van der Waals surface area contributed by atoms with E-state index in [1.165, 1.54) is 28.9 Å². The van der Waals surface area contributed by atoms with Gasteiger partial charge in [0, 0.05) is 18.1 Å². The lowest BCUT2D eigenvalue weighted by Gasteiger charge is -2.09. The number of halogens is 3. The molecule has 3 heterocycles. The largest absolute Gasteiger partial charge is 0.435 e. The third kappa shape index (κ3) is 3.33. The van der Waals surface area contributed by atoms with E-state index in [0.29, 0.717) is 0 Å². The predicted molar refractivity (Wildman–Crippen MR) is 95.7 cm³/mol. The predicted octanol–water partition coefficient (Wildman–Crippen LogP) is 4.86. The molecule has 4 rings (SSSR count). The molecule has 4 aromatic rings. The number of hydrogen-bond acceptors (Lipinski definition) is 4. The number of rotatable bonds is 3. The molecule has 8 heteroatoms. The van der Waals surface area contributed by atoms with Crippen molar-refractivity contribution in [2.45, 2.75) is 13.1 Å². The van der Waals surface area contributed by atoms with Crippen molar-refractivity contribution < 1.29 is 13.2 Å². The third-order valence-electron chi connectivity index (χ3n) is 4.00. The van der Waals surface area contributed by atoms with Gasteiger partial charge >= 0.3 is 6.18 Å². The van der Waals surface area contributed by atoms with Crippen LogP contribution in [0.15, 0.2) is 60.9 Å². The van der Waals surface area contributed by atoms with Crippen LogP contribution in [0.5, 0.6) is 0 Å². The van der Waals surface area contributed by atoms with Crippen molar-refractivity contribution in [1.29, 1.82) is 0 Å². The van der Waals surface area contributed by atoms with Gasteiger partial charge in [0.1, 0.15) is 11.3 Å². The minimum Gasteiger partial charge on any atom is -0.324 e. The van der Waals surface area contributed by atoms with Crippen LogP contribution in [0.4, 0.5) is 24.8 Å². The maximum absolute atomic E-state index is 13.5. The van der Waals surface area contributed by atoms with Crippen LogP contribution in [0, 0.1) is 6.92 Å². The minimum absolute atomic E-state index is 0.118. The Morgan fingerprint density at radius 3 is 2.48 bits per heavy atom. The van der Waals surface area contributed by atoms with Gasteiger partial charge in [-0.2, -0.15) is 13.2 Å². The molecular weight excluding hydrogens is 355 g/mol. The van der Waals surface area contributed by atoms with E-state index in [2.05, 4.69) is 20.3 Å². The van der Waals surface area contributed by atoms with Crippen molar-refractivity contribution in [2.75, 3.05) is 5.32 Å². The van der Waals surface area contributed by atoms with E-state index in [1.54, 1.807) is 12.1 Å². The van der Waals surface area contributed by atoms with E-state index in [-0.39, 0.29) is 23.0 Å². The van der Waals surface area contributed by atoms with Crippen LogP contribution in [-0.2, 0) is 6.18 Å². The van der Waals surface area contributed by atoms with Gasteiger partial charge in [0.25, 0.3) is 0 Å². The smallest absolute Gasteiger partial charge is 0.324 e. The number of alkyl halides is 3. The van der Waals surface area contributed by atoms with Crippen LogP contribution in [0.3, 0.4) is 0 Å². The van der Waals surface area contributed by atoms with Gasteiger partial charge in [-0.05, 0) is 37.3 Å². The summed E-state index contributed by atoms with van der Waals surface area (Å²) in [6.07, 6.45) is -1.65. The van der Waals surface area contributed by atoms with Crippen LogP contribution in [-0.4, -0.2) is 19.4 Å². The average Bonchev–Trinajstić information content (AvgIpc) is 3.04. The average molecular weight is 369 g/mol. The van der Waals surface area contributed by atoms with Gasteiger partial charge in [0.15, 0.2) is 5.69 Å². The Balaban J connectivity index is 1.81. The zero-order chi connectivity index (χ0) is 19.0. The van der Waals surface area contributed by atoms with Gasteiger partial charge in [-0.1, -0.05) is 23.8 Å². The van der Waals surface area contributed by atoms with Crippen molar-refractivity contribution in [3.63, 3.8) is 0 Å². The fourth-order valence-corrected chi connectivity index (χ4v) is 2.76. The molecule has 0 aliphatic carbocycles. The minimum atomic E-state index is -4.60. The van der Waals surface area contributed by atoms with Crippen molar-refractivity contribution >= 4 is 17.3 Å². The first kappa shape index (κ1) is 17.0. The number of aromatic nitrogens is 4. The number of benzene rings is 1. The Morgan fingerprint density at radius 1 is 0.963 bits per heavy atom. The summed E-state index contributed by atoms with van der Waals surface area (Å²) in [7, 11) is 0. The van der Waals surface area contributed by atoms with E-state index < -0.39 is 11.9 Å². The number of nitrogens with zero attached hydrogens (tertiary/aromatic N) is 4. The molecule has 136 valence electrons. The first-order valence-electron chi connectivity index (χ1n) is 8.13. The fraction of sp³-hybridized carbons (Fsp3) is 0.105. The number of fused-ring (bicyclic) bond motifs is 1. The Bertz CT molecular complexity index is 1100. The van der Waals surface area contributed by atoms with Crippen LogP contribution in [0.2, 0.25) is 0 Å². The number of imidazole rings is 1. The second-order valence-corrected chi connectivity index (χ2v) is 5.99. The first-order chi connectivity index (χ1) is 12.9. The molecule has 0 spiro atoms. The van der Waals surface area contributed by atoms with Gasteiger partial charge in [-0.15, -0.1) is 0 Å². The molecule has 5 nitrogen and oxygen atoms in total.